The van der Waals surface area contributed by atoms with Crippen molar-refractivity contribution in [1.29, 1.82) is 0 Å². The number of benzene rings is 3. The molecule has 3 aliphatic rings. The molecule has 31 heavy (non-hydrogen) atoms. The minimum atomic E-state index is -0.340. The van der Waals surface area contributed by atoms with Crippen molar-refractivity contribution in [2.45, 2.75) is 44.2 Å². The zero-order valence-electron chi connectivity index (χ0n) is 17.8. The van der Waals surface area contributed by atoms with E-state index in [1.165, 1.54) is 21.9 Å². The molecule has 6 rings (SSSR count). The highest BCUT2D eigenvalue weighted by molar-refractivity contribution is 6.43. The Labute approximate surface area is 182 Å². The van der Waals surface area contributed by atoms with E-state index in [0.717, 1.165) is 43.6 Å². The smallest absolute Gasteiger partial charge is 0.295 e. The van der Waals surface area contributed by atoms with Crippen LogP contribution in [0.25, 0.3) is 10.8 Å². The number of rotatable bonds is 2. The van der Waals surface area contributed by atoms with E-state index in [0.29, 0.717) is 6.04 Å². The molecule has 1 aliphatic carbocycles. The Morgan fingerprint density at radius 1 is 0.871 bits per heavy atom. The standard InChI is InChI=1S/C27H26N2O2/c1-27(29-22-11-3-2-6-19(22)17-24(30)26(29)31)12-14-28(15-13-27)23-16-20-9-4-7-18-8-5-10-21(23)25(18)20/h2-11,23H,12-17H2,1H3. The minimum absolute atomic E-state index is 0.220. The van der Waals surface area contributed by atoms with Gasteiger partial charge in [-0.3, -0.25) is 19.4 Å². The number of hydrogen-bond donors (Lipinski definition) is 0. The first kappa shape index (κ1) is 18.8. The van der Waals surface area contributed by atoms with Crippen LogP contribution in [0.2, 0.25) is 0 Å². The van der Waals surface area contributed by atoms with Gasteiger partial charge in [0.05, 0.1) is 0 Å². The predicted molar refractivity (Wildman–Crippen MR) is 122 cm³/mol. The molecule has 1 atom stereocenters. The average Bonchev–Trinajstić information content (AvgIpc) is 3.16. The Bertz CT molecular complexity index is 1220. The molecule has 1 amide bonds. The van der Waals surface area contributed by atoms with E-state index < -0.39 is 0 Å². The van der Waals surface area contributed by atoms with Crippen LogP contribution in [0.3, 0.4) is 0 Å². The normalized spacial score (nSPS) is 22.7. The van der Waals surface area contributed by atoms with E-state index in [1.54, 1.807) is 0 Å². The molecule has 0 saturated carbocycles. The van der Waals surface area contributed by atoms with Crippen molar-refractivity contribution < 1.29 is 9.59 Å². The molecule has 0 aromatic heterocycles. The number of anilines is 1. The molecule has 156 valence electrons. The monoisotopic (exact) mass is 410 g/mol. The van der Waals surface area contributed by atoms with Crippen LogP contribution in [-0.4, -0.2) is 35.2 Å². The number of para-hydroxylation sites is 1. The molecule has 1 fully saturated rings. The van der Waals surface area contributed by atoms with Gasteiger partial charge in [-0.05, 0) is 59.7 Å². The van der Waals surface area contributed by atoms with E-state index in [2.05, 4.69) is 48.2 Å². The van der Waals surface area contributed by atoms with Crippen LogP contribution in [0.5, 0.6) is 0 Å². The summed E-state index contributed by atoms with van der Waals surface area (Å²) in [7, 11) is 0. The number of nitrogens with zero attached hydrogens (tertiary/aromatic N) is 2. The highest BCUT2D eigenvalue weighted by atomic mass is 16.2. The molecule has 1 saturated heterocycles. The number of hydrogen-bond acceptors (Lipinski definition) is 3. The summed E-state index contributed by atoms with van der Waals surface area (Å²) in [6.07, 6.45) is 3.00. The van der Waals surface area contributed by atoms with Gasteiger partial charge in [-0.15, -0.1) is 0 Å². The molecule has 4 heteroatoms. The summed E-state index contributed by atoms with van der Waals surface area (Å²) in [5, 5.41) is 2.75. The van der Waals surface area contributed by atoms with Crippen LogP contribution in [0, 0.1) is 0 Å². The lowest BCUT2D eigenvalue weighted by molar-refractivity contribution is -0.137. The first-order valence-electron chi connectivity index (χ1n) is 11.2. The van der Waals surface area contributed by atoms with Gasteiger partial charge in [0.1, 0.15) is 0 Å². The van der Waals surface area contributed by atoms with Gasteiger partial charge in [0.15, 0.2) is 0 Å². The molecule has 0 N–H and O–H groups in total. The molecule has 4 nitrogen and oxygen atoms in total. The molecule has 2 heterocycles. The molecular weight excluding hydrogens is 384 g/mol. The third-order valence-electron chi connectivity index (χ3n) is 7.68. The zero-order chi connectivity index (χ0) is 21.2. The Balaban J connectivity index is 1.28. The molecule has 2 aliphatic heterocycles. The van der Waals surface area contributed by atoms with Crippen LogP contribution < -0.4 is 4.90 Å². The van der Waals surface area contributed by atoms with Crippen molar-refractivity contribution in [3.05, 3.63) is 77.4 Å². The van der Waals surface area contributed by atoms with Gasteiger partial charge in [0, 0.05) is 36.8 Å². The third-order valence-corrected chi connectivity index (χ3v) is 7.68. The summed E-state index contributed by atoms with van der Waals surface area (Å²) in [5.74, 6) is -0.632. The Morgan fingerprint density at radius 3 is 2.39 bits per heavy atom. The van der Waals surface area contributed by atoms with Crippen molar-refractivity contribution >= 4 is 28.2 Å². The molecule has 3 aromatic rings. The maximum atomic E-state index is 13.0. The number of piperidine rings is 1. The SMILES string of the molecule is CC1(N2C(=O)C(=O)Cc3ccccc32)CCN(C2Cc3cccc4cccc2c34)CC1. The van der Waals surface area contributed by atoms with Crippen molar-refractivity contribution in [3.8, 4) is 0 Å². The minimum Gasteiger partial charge on any atom is -0.300 e. The van der Waals surface area contributed by atoms with Crippen molar-refractivity contribution in [2.24, 2.45) is 0 Å². The Hall–Kier alpha value is -2.98. The van der Waals surface area contributed by atoms with Crippen LogP contribution >= 0.6 is 0 Å². The number of fused-ring (bicyclic) bond motifs is 1. The van der Waals surface area contributed by atoms with Gasteiger partial charge >= 0.3 is 0 Å². The average molecular weight is 411 g/mol. The maximum absolute atomic E-state index is 13.0. The number of carbonyl (C=O) groups excluding carboxylic acids is 2. The third kappa shape index (κ3) is 2.78. The van der Waals surface area contributed by atoms with Gasteiger partial charge in [0.25, 0.3) is 5.91 Å². The molecule has 1 unspecified atom stereocenters. The molecule has 0 radical (unpaired) electrons. The lowest BCUT2D eigenvalue weighted by atomic mass is 9.83. The van der Waals surface area contributed by atoms with Gasteiger partial charge in [-0.25, -0.2) is 0 Å². The van der Waals surface area contributed by atoms with Gasteiger partial charge in [-0.1, -0.05) is 54.6 Å². The fourth-order valence-corrected chi connectivity index (χ4v) is 5.98. The van der Waals surface area contributed by atoms with Gasteiger partial charge < -0.3 is 0 Å². The fraction of sp³-hybridized carbons (Fsp3) is 0.333. The quantitative estimate of drug-likeness (QED) is 0.586. The van der Waals surface area contributed by atoms with Gasteiger partial charge in [0.2, 0.25) is 5.78 Å². The first-order valence-corrected chi connectivity index (χ1v) is 11.2. The summed E-state index contributed by atoms with van der Waals surface area (Å²) < 4.78 is 0. The van der Waals surface area contributed by atoms with Crippen LogP contribution in [0.4, 0.5) is 5.69 Å². The van der Waals surface area contributed by atoms with Crippen molar-refractivity contribution in [2.75, 3.05) is 18.0 Å². The molecule has 0 spiro atoms. The zero-order valence-corrected chi connectivity index (χ0v) is 17.8. The number of carbonyl (C=O) groups is 2. The number of amides is 1. The lowest BCUT2D eigenvalue weighted by Gasteiger charge is -2.49. The number of Topliss-reactive ketones (excluding diaryl/α,β-unsaturated/α-hetero) is 1. The largest absolute Gasteiger partial charge is 0.300 e. The number of ketones is 1. The van der Waals surface area contributed by atoms with Crippen molar-refractivity contribution in [1.82, 2.24) is 4.90 Å². The van der Waals surface area contributed by atoms with Crippen LogP contribution in [0.1, 0.15) is 42.5 Å². The van der Waals surface area contributed by atoms with E-state index in [-0.39, 0.29) is 23.7 Å². The fourth-order valence-electron chi connectivity index (χ4n) is 5.98. The first-order chi connectivity index (χ1) is 15.0. The molecule has 3 aromatic carbocycles. The summed E-state index contributed by atoms with van der Waals surface area (Å²) in [6, 6.07) is 21.5. The highest BCUT2D eigenvalue weighted by Gasteiger charge is 2.45. The summed E-state index contributed by atoms with van der Waals surface area (Å²) in [5.41, 5.74) is 4.43. The predicted octanol–water partition coefficient (Wildman–Crippen LogP) is 4.45. The maximum Gasteiger partial charge on any atom is 0.295 e. The van der Waals surface area contributed by atoms with E-state index in [1.807, 2.05) is 29.2 Å². The van der Waals surface area contributed by atoms with Gasteiger partial charge in [-0.2, -0.15) is 0 Å². The Kier molecular flexibility index (Phi) is 4.09. The summed E-state index contributed by atoms with van der Waals surface area (Å²) in [4.78, 5) is 29.8. The lowest BCUT2D eigenvalue weighted by Crippen LogP contribution is -2.59. The van der Waals surface area contributed by atoms with Crippen LogP contribution in [0.15, 0.2) is 60.7 Å². The highest BCUT2D eigenvalue weighted by Crippen LogP contribution is 2.44. The second-order valence-corrected chi connectivity index (χ2v) is 9.48. The van der Waals surface area contributed by atoms with Crippen molar-refractivity contribution in [3.63, 3.8) is 0 Å². The topological polar surface area (TPSA) is 40.6 Å². The summed E-state index contributed by atoms with van der Waals surface area (Å²) in [6.45, 7) is 4.00. The van der Waals surface area contributed by atoms with E-state index in [4.69, 9.17) is 0 Å². The molecule has 0 bridgehead atoms. The van der Waals surface area contributed by atoms with E-state index in [9.17, 15) is 9.59 Å². The second kappa shape index (κ2) is 6.76. The molecular formula is C27H26N2O2. The Morgan fingerprint density at radius 2 is 1.58 bits per heavy atom. The van der Waals surface area contributed by atoms with Crippen LogP contribution in [-0.2, 0) is 22.4 Å². The second-order valence-electron chi connectivity index (χ2n) is 9.48. The summed E-state index contributed by atoms with van der Waals surface area (Å²) >= 11 is 0. The number of likely N-dealkylation sites (tertiary alicyclic amines) is 1. The van der Waals surface area contributed by atoms with E-state index >= 15 is 0 Å².